The normalized spacial score (nSPS) is 10.3. The maximum absolute atomic E-state index is 12.8. The lowest BCUT2D eigenvalue weighted by Crippen LogP contribution is -2.27. The van der Waals surface area contributed by atoms with Crippen LogP contribution in [0.4, 0.5) is 11.4 Å². The van der Waals surface area contributed by atoms with E-state index >= 15 is 0 Å². The van der Waals surface area contributed by atoms with Gasteiger partial charge in [0, 0.05) is 36.5 Å². The molecule has 0 radical (unpaired) electrons. The van der Waals surface area contributed by atoms with Gasteiger partial charge >= 0.3 is 0 Å². The molecular formula is C20H19Cl4N3O3. The molecule has 0 bridgehead atoms. The van der Waals surface area contributed by atoms with Crippen LogP contribution in [0.1, 0.15) is 6.42 Å². The average molecular weight is 491 g/mol. The summed E-state index contributed by atoms with van der Waals surface area (Å²) in [5.41, 5.74) is 0.451. The van der Waals surface area contributed by atoms with E-state index in [1.807, 2.05) is 0 Å². The molecule has 0 unspecified atom stereocenters. The van der Waals surface area contributed by atoms with Crippen LogP contribution in [0.2, 0.25) is 20.1 Å². The lowest BCUT2D eigenvalue weighted by molar-refractivity contribution is -0.118. The molecule has 0 aliphatic heterocycles. The van der Waals surface area contributed by atoms with Gasteiger partial charge in [-0.15, -0.1) is 0 Å². The van der Waals surface area contributed by atoms with E-state index in [1.165, 1.54) is 18.3 Å². The zero-order valence-corrected chi connectivity index (χ0v) is 18.9. The summed E-state index contributed by atoms with van der Waals surface area (Å²) < 4.78 is 4.98. The van der Waals surface area contributed by atoms with Crippen molar-refractivity contribution in [1.29, 1.82) is 0 Å². The Hall–Kier alpha value is -1.96. The van der Waals surface area contributed by atoms with Gasteiger partial charge in [0.2, 0.25) is 0 Å². The molecule has 10 heteroatoms. The van der Waals surface area contributed by atoms with Gasteiger partial charge in [0.05, 0.1) is 21.4 Å². The van der Waals surface area contributed by atoms with Crippen molar-refractivity contribution < 1.29 is 14.3 Å². The van der Waals surface area contributed by atoms with Gasteiger partial charge in [0.25, 0.3) is 11.8 Å². The second-order valence-electron chi connectivity index (χ2n) is 6.02. The molecule has 0 atom stereocenters. The number of anilines is 2. The van der Waals surface area contributed by atoms with Gasteiger partial charge in [-0.1, -0.05) is 46.4 Å². The first-order valence-corrected chi connectivity index (χ1v) is 10.3. The number of halogens is 4. The van der Waals surface area contributed by atoms with Crippen molar-refractivity contribution in [2.45, 2.75) is 6.42 Å². The predicted molar refractivity (Wildman–Crippen MR) is 123 cm³/mol. The van der Waals surface area contributed by atoms with E-state index in [1.54, 1.807) is 31.4 Å². The second-order valence-corrected chi connectivity index (χ2v) is 7.70. The highest BCUT2D eigenvalue weighted by Gasteiger charge is 2.20. The van der Waals surface area contributed by atoms with E-state index in [-0.39, 0.29) is 15.6 Å². The second kappa shape index (κ2) is 12.0. The fourth-order valence-electron chi connectivity index (χ4n) is 2.29. The quantitative estimate of drug-likeness (QED) is 0.190. The highest BCUT2D eigenvalue weighted by Crippen LogP contribution is 2.27. The number of benzene rings is 2. The van der Waals surface area contributed by atoms with Gasteiger partial charge in [0.15, 0.2) is 0 Å². The summed E-state index contributed by atoms with van der Waals surface area (Å²) >= 11 is 24.0. The smallest absolute Gasteiger partial charge is 0.262 e. The zero-order valence-electron chi connectivity index (χ0n) is 15.9. The molecule has 2 rings (SSSR count). The van der Waals surface area contributed by atoms with E-state index in [9.17, 15) is 9.59 Å². The van der Waals surface area contributed by atoms with Crippen molar-refractivity contribution in [3.8, 4) is 0 Å². The number of carbonyl (C=O) groups is 2. The Bertz CT molecular complexity index is 883. The minimum absolute atomic E-state index is 0.176. The van der Waals surface area contributed by atoms with E-state index < -0.39 is 11.8 Å². The molecule has 30 heavy (non-hydrogen) atoms. The molecule has 0 aromatic heterocycles. The Morgan fingerprint density at radius 1 is 0.900 bits per heavy atom. The minimum Gasteiger partial charge on any atom is -0.390 e. The summed E-state index contributed by atoms with van der Waals surface area (Å²) in [5, 5.41) is 9.45. The maximum Gasteiger partial charge on any atom is 0.262 e. The van der Waals surface area contributed by atoms with E-state index in [2.05, 4.69) is 16.0 Å². The summed E-state index contributed by atoms with van der Waals surface area (Å²) in [6.45, 7) is 1.04. The predicted octanol–water partition coefficient (Wildman–Crippen LogP) is 5.39. The number of rotatable bonds is 9. The molecule has 0 spiro atoms. The number of nitrogens with one attached hydrogen (secondary N) is 3. The number of carbonyl (C=O) groups excluding carboxylic acids is 2. The Morgan fingerprint density at radius 2 is 1.40 bits per heavy atom. The summed E-state index contributed by atoms with van der Waals surface area (Å²) in [7, 11) is 1.59. The first kappa shape index (κ1) is 24.3. The molecule has 2 aromatic carbocycles. The third-order valence-electron chi connectivity index (χ3n) is 3.76. The molecule has 6 nitrogen and oxygen atoms in total. The third kappa shape index (κ3) is 7.38. The van der Waals surface area contributed by atoms with Crippen LogP contribution in [0.5, 0.6) is 0 Å². The van der Waals surface area contributed by atoms with Crippen molar-refractivity contribution in [1.82, 2.24) is 5.32 Å². The molecule has 2 aromatic rings. The van der Waals surface area contributed by atoms with Crippen LogP contribution in [-0.2, 0) is 14.3 Å². The molecule has 0 saturated heterocycles. The number of ether oxygens (including phenoxy) is 1. The van der Waals surface area contributed by atoms with Crippen molar-refractivity contribution in [2.75, 3.05) is 30.9 Å². The Morgan fingerprint density at radius 3 is 1.83 bits per heavy atom. The largest absolute Gasteiger partial charge is 0.390 e. The first-order valence-electron chi connectivity index (χ1n) is 8.77. The SMILES string of the molecule is COCCCNC=C(C(=O)Nc1ccc(Cl)cc1Cl)C(=O)Nc1ccc(Cl)cc1Cl. The van der Waals surface area contributed by atoms with E-state index in [0.717, 1.165) is 0 Å². The number of hydrogen-bond acceptors (Lipinski definition) is 4. The number of amides is 2. The molecular weight excluding hydrogens is 472 g/mol. The van der Waals surface area contributed by atoms with Crippen LogP contribution in [0.25, 0.3) is 0 Å². The topological polar surface area (TPSA) is 79.5 Å². The summed E-state index contributed by atoms with van der Waals surface area (Å²) in [6.07, 6.45) is 2.02. The fourth-order valence-corrected chi connectivity index (χ4v) is 3.20. The van der Waals surface area contributed by atoms with E-state index in [0.29, 0.717) is 41.0 Å². The maximum atomic E-state index is 12.8. The lowest BCUT2D eigenvalue weighted by Gasteiger charge is -2.13. The van der Waals surface area contributed by atoms with E-state index in [4.69, 9.17) is 51.1 Å². The molecule has 160 valence electrons. The van der Waals surface area contributed by atoms with Gasteiger partial charge in [-0.3, -0.25) is 9.59 Å². The number of hydrogen-bond donors (Lipinski definition) is 3. The molecule has 2 amide bonds. The monoisotopic (exact) mass is 489 g/mol. The van der Waals surface area contributed by atoms with Gasteiger partial charge in [-0.25, -0.2) is 0 Å². The van der Waals surface area contributed by atoms with Gasteiger partial charge in [-0.05, 0) is 42.8 Å². The molecule has 0 aliphatic carbocycles. The number of methoxy groups -OCH3 is 1. The highest BCUT2D eigenvalue weighted by atomic mass is 35.5. The van der Waals surface area contributed by atoms with Gasteiger partial charge in [0.1, 0.15) is 5.57 Å². The van der Waals surface area contributed by atoms with Crippen LogP contribution < -0.4 is 16.0 Å². The summed E-state index contributed by atoms with van der Waals surface area (Å²) in [4.78, 5) is 25.6. The molecule has 0 aliphatic rings. The van der Waals surface area contributed by atoms with Crippen molar-refractivity contribution in [3.05, 3.63) is 68.3 Å². The van der Waals surface area contributed by atoms with Crippen molar-refractivity contribution >= 4 is 69.6 Å². The lowest BCUT2D eigenvalue weighted by atomic mass is 10.2. The fraction of sp³-hybridized carbons (Fsp3) is 0.200. The van der Waals surface area contributed by atoms with Crippen LogP contribution in [0.3, 0.4) is 0 Å². The van der Waals surface area contributed by atoms with Crippen molar-refractivity contribution in [2.24, 2.45) is 0 Å². The standard InChI is InChI=1S/C20H19Cl4N3O3/c1-30-8-2-7-25-11-14(19(28)26-17-5-3-12(21)9-15(17)23)20(29)27-18-6-4-13(22)10-16(18)24/h3-6,9-11,25H,2,7-8H2,1H3,(H,26,28)(H,27,29). The summed E-state index contributed by atoms with van der Waals surface area (Å²) in [5.74, 6) is -1.33. The van der Waals surface area contributed by atoms with Crippen LogP contribution >= 0.6 is 46.4 Å². The third-order valence-corrected chi connectivity index (χ3v) is 4.86. The first-order chi connectivity index (χ1) is 14.3. The van der Waals surface area contributed by atoms with Gasteiger partial charge in [-0.2, -0.15) is 0 Å². The molecule has 0 fully saturated rings. The van der Waals surface area contributed by atoms with Crippen LogP contribution in [0.15, 0.2) is 48.2 Å². The molecule has 3 N–H and O–H groups in total. The Balaban J connectivity index is 2.20. The zero-order chi connectivity index (χ0) is 22.1. The molecule has 0 saturated carbocycles. The Kier molecular flexibility index (Phi) is 9.75. The van der Waals surface area contributed by atoms with Crippen LogP contribution in [-0.4, -0.2) is 32.1 Å². The Labute approximate surface area is 194 Å². The van der Waals surface area contributed by atoms with Crippen molar-refractivity contribution in [3.63, 3.8) is 0 Å². The molecule has 0 heterocycles. The highest BCUT2D eigenvalue weighted by molar-refractivity contribution is 6.38. The van der Waals surface area contributed by atoms with Crippen LogP contribution in [0, 0.1) is 0 Å². The minimum atomic E-state index is -0.666. The average Bonchev–Trinajstić information content (AvgIpc) is 2.69. The van der Waals surface area contributed by atoms with Gasteiger partial charge < -0.3 is 20.7 Å². The summed E-state index contributed by atoms with van der Waals surface area (Å²) in [6, 6.07) is 9.20.